The summed E-state index contributed by atoms with van der Waals surface area (Å²) in [6.07, 6.45) is 0. The van der Waals surface area contributed by atoms with Crippen LogP contribution in [0.25, 0.3) is 0 Å². The summed E-state index contributed by atoms with van der Waals surface area (Å²) >= 11 is 3.36. The van der Waals surface area contributed by atoms with Gasteiger partial charge in [-0.1, -0.05) is 15.9 Å². The number of hydrogen-bond donors (Lipinski definition) is 1. The molecule has 0 unspecified atom stereocenters. The van der Waals surface area contributed by atoms with Gasteiger partial charge in [0.05, 0.1) is 11.6 Å². The number of benzene rings is 2. The van der Waals surface area contributed by atoms with Crippen LogP contribution >= 0.6 is 15.9 Å². The minimum absolute atomic E-state index is 0.0132. The molecular weight excluding hydrogens is 326 g/mol. The Hall–Kier alpha value is -1.93. The Morgan fingerprint density at radius 3 is 2.35 bits per heavy atom. The van der Waals surface area contributed by atoms with Gasteiger partial charge in [0.15, 0.2) is 0 Å². The molecule has 0 saturated carbocycles. The fourth-order valence-electron chi connectivity index (χ4n) is 1.87. The highest BCUT2D eigenvalue weighted by Crippen LogP contribution is 2.21. The molecule has 2 aromatic carbocycles. The largest absolute Gasteiger partial charge is 0.381 e. The highest BCUT2D eigenvalue weighted by atomic mass is 79.9. The molecule has 0 fully saturated rings. The van der Waals surface area contributed by atoms with Gasteiger partial charge in [-0.25, -0.2) is 8.78 Å². The lowest BCUT2D eigenvalue weighted by atomic mass is 10.1. The van der Waals surface area contributed by atoms with E-state index >= 15 is 0 Å². The van der Waals surface area contributed by atoms with E-state index in [1.165, 1.54) is 0 Å². The second-order valence-corrected chi connectivity index (χ2v) is 5.32. The molecule has 0 bridgehead atoms. The fraction of sp³-hybridized carbons (Fsp3) is 0.133. The highest BCUT2D eigenvalue weighted by molar-refractivity contribution is 9.10. The zero-order chi connectivity index (χ0) is 14.7. The molecule has 0 amide bonds. The van der Waals surface area contributed by atoms with Crippen LogP contribution in [0.4, 0.5) is 14.5 Å². The van der Waals surface area contributed by atoms with Crippen LogP contribution in [0.15, 0.2) is 34.8 Å². The number of halogens is 3. The number of rotatable bonds is 3. The van der Waals surface area contributed by atoms with E-state index in [0.717, 1.165) is 27.9 Å². The zero-order valence-electron chi connectivity index (χ0n) is 10.7. The maximum absolute atomic E-state index is 13.7. The molecule has 102 valence electrons. The Labute approximate surface area is 124 Å². The predicted molar refractivity (Wildman–Crippen MR) is 77.3 cm³/mol. The Morgan fingerprint density at radius 1 is 1.15 bits per heavy atom. The van der Waals surface area contributed by atoms with Crippen molar-refractivity contribution < 1.29 is 8.78 Å². The number of nitrogens with one attached hydrogen (secondary N) is 1. The normalized spacial score (nSPS) is 10.2. The third kappa shape index (κ3) is 3.34. The van der Waals surface area contributed by atoms with E-state index in [1.54, 1.807) is 6.07 Å². The van der Waals surface area contributed by atoms with Crippen LogP contribution in [0.1, 0.15) is 16.7 Å². The third-order valence-electron chi connectivity index (χ3n) is 2.78. The second-order valence-electron chi connectivity index (χ2n) is 4.40. The SMILES string of the molecule is Cc1cc(Br)cc(NCc2c(F)cc(C#N)cc2F)c1. The molecule has 0 aromatic heterocycles. The Bertz CT molecular complexity index is 650. The van der Waals surface area contributed by atoms with Crippen molar-refractivity contribution in [3.63, 3.8) is 0 Å². The number of nitriles is 1. The van der Waals surface area contributed by atoms with E-state index in [9.17, 15) is 8.78 Å². The van der Waals surface area contributed by atoms with Crippen LogP contribution in [-0.2, 0) is 6.54 Å². The van der Waals surface area contributed by atoms with Crippen LogP contribution in [0.3, 0.4) is 0 Å². The molecule has 0 atom stereocenters. The lowest BCUT2D eigenvalue weighted by Gasteiger charge is -2.10. The Balaban J connectivity index is 2.21. The van der Waals surface area contributed by atoms with E-state index in [4.69, 9.17) is 5.26 Å². The van der Waals surface area contributed by atoms with Gasteiger partial charge in [0.1, 0.15) is 11.6 Å². The molecule has 0 aliphatic carbocycles. The van der Waals surface area contributed by atoms with E-state index in [1.807, 2.05) is 25.1 Å². The van der Waals surface area contributed by atoms with Crippen molar-refractivity contribution in [3.05, 3.63) is 63.1 Å². The lowest BCUT2D eigenvalue weighted by Crippen LogP contribution is -2.05. The summed E-state index contributed by atoms with van der Waals surface area (Å²) in [6.45, 7) is 1.94. The molecule has 0 spiro atoms. The van der Waals surface area contributed by atoms with E-state index < -0.39 is 11.6 Å². The van der Waals surface area contributed by atoms with Crippen molar-refractivity contribution in [2.45, 2.75) is 13.5 Å². The molecule has 20 heavy (non-hydrogen) atoms. The van der Waals surface area contributed by atoms with E-state index in [2.05, 4.69) is 21.2 Å². The maximum atomic E-state index is 13.7. The molecule has 1 N–H and O–H groups in total. The van der Waals surface area contributed by atoms with Crippen molar-refractivity contribution >= 4 is 21.6 Å². The van der Waals surface area contributed by atoms with Crippen LogP contribution in [0.2, 0.25) is 0 Å². The first-order chi connectivity index (χ1) is 9.49. The average molecular weight is 337 g/mol. The minimum Gasteiger partial charge on any atom is -0.381 e. The van der Waals surface area contributed by atoms with Crippen molar-refractivity contribution in [3.8, 4) is 6.07 Å². The second kappa shape index (κ2) is 6.02. The number of aryl methyl sites for hydroxylation is 1. The van der Waals surface area contributed by atoms with Crippen LogP contribution in [-0.4, -0.2) is 0 Å². The third-order valence-corrected chi connectivity index (χ3v) is 3.24. The first-order valence-electron chi connectivity index (χ1n) is 5.88. The van der Waals surface area contributed by atoms with Crippen molar-refractivity contribution in [2.24, 2.45) is 0 Å². The Morgan fingerprint density at radius 2 is 1.80 bits per heavy atom. The lowest BCUT2D eigenvalue weighted by molar-refractivity contribution is 0.559. The fourth-order valence-corrected chi connectivity index (χ4v) is 2.47. The van der Waals surface area contributed by atoms with Gasteiger partial charge >= 0.3 is 0 Å². The summed E-state index contributed by atoms with van der Waals surface area (Å²) in [6, 6.07) is 9.43. The first kappa shape index (κ1) is 14.5. The summed E-state index contributed by atoms with van der Waals surface area (Å²) < 4.78 is 28.3. The van der Waals surface area contributed by atoms with Gasteiger partial charge in [-0.15, -0.1) is 0 Å². The summed E-state index contributed by atoms with van der Waals surface area (Å²) in [7, 11) is 0. The summed E-state index contributed by atoms with van der Waals surface area (Å²) in [4.78, 5) is 0. The van der Waals surface area contributed by atoms with Crippen LogP contribution < -0.4 is 5.32 Å². The molecule has 0 aliphatic rings. The summed E-state index contributed by atoms with van der Waals surface area (Å²) in [5, 5.41) is 11.6. The summed E-state index contributed by atoms with van der Waals surface area (Å²) in [5.74, 6) is -1.44. The molecule has 0 aliphatic heterocycles. The number of nitrogens with zero attached hydrogens (tertiary/aromatic N) is 1. The van der Waals surface area contributed by atoms with Crippen LogP contribution in [0.5, 0.6) is 0 Å². The standard InChI is InChI=1S/C15H11BrF2N2/c1-9-2-11(16)6-12(3-9)20-8-13-14(17)4-10(7-19)5-15(13)18/h2-6,20H,8H2,1H3. The molecule has 2 nitrogen and oxygen atoms in total. The van der Waals surface area contributed by atoms with Crippen molar-refractivity contribution in [1.29, 1.82) is 5.26 Å². The number of hydrogen-bond acceptors (Lipinski definition) is 2. The van der Waals surface area contributed by atoms with Gasteiger partial charge < -0.3 is 5.32 Å². The molecule has 0 saturated heterocycles. The quantitative estimate of drug-likeness (QED) is 0.894. The van der Waals surface area contributed by atoms with Gasteiger partial charge in [-0.2, -0.15) is 5.26 Å². The topological polar surface area (TPSA) is 35.8 Å². The molecule has 5 heteroatoms. The molecular formula is C15H11BrF2N2. The molecule has 0 heterocycles. The number of anilines is 1. The zero-order valence-corrected chi connectivity index (χ0v) is 12.3. The monoisotopic (exact) mass is 336 g/mol. The smallest absolute Gasteiger partial charge is 0.132 e. The first-order valence-corrected chi connectivity index (χ1v) is 6.68. The van der Waals surface area contributed by atoms with Gasteiger partial charge in [0.2, 0.25) is 0 Å². The molecule has 2 aromatic rings. The molecule has 2 rings (SSSR count). The summed E-state index contributed by atoms with van der Waals surface area (Å²) in [5.41, 5.74) is 1.69. The predicted octanol–water partition coefficient (Wildman–Crippen LogP) is 4.52. The van der Waals surface area contributed by atoms with Gasteiger partial charge in [-0.05, 0) is 42.8 Å². The van der Waals surface area contributed by atoms with Crippen molar-refractivity contribution in [2.75, 3.05) is 5.32 Å². The van der Waals surface area contributed by atoms with Gasteiger partial charge in [-0.3, -0.25) is 0 Å². The van der Waals surface area contributed by atoms with Gasteiger partial charge in [0, 0.05) is 22.3 Å². The highest BCUT2D eigenvalue weighted by Gasteiger charge is 2.11. The van der Waals surface area contributed by atoms with Gasteiger partial charge in [0.25, 0.3) is 0 Å². The molecule has 0 radical (unpaired) electrons. The van der Waals surface area contributed by atoms with E-state index in [-0.39, 0.29) is 17.7 Å². The van der Waals surface area contributed by atoms with E-state index in [0.29, 0.717) is 0 Å². The minimum atomic E-state index is -0.722. The Kier molecular flexibility index (Phi) is 4.35. The average Bonchev–Trinajstić information content (AvgIpc) is 2.36. The van der Waals surface area contributed by atoms with Crippen LogP contribution in [0, 0.1) is 29.9 Å². The maximum Gasteiger partial charge on any atom is 0.132 e. The van der Waals surface area contributed by atoms with Crippen molar-refractivity contribution in [1.82, 2.24) is 0 Å².